The Kier molecular flexibility index (Phi) is 4.59. The number of halogens is 1. The van der Waals surface area contributed by atoms with E-state index in [2.05, 4.69) is 6.07 Å². The molecule has 21 heavy (non-hydrogen) atoms. The van der Waals surface area contributed by atoms with Crippen molar-refractivity contribution in [2.75, 3.05) is 0 Å². The Morgan fingerprint density at radius 1 is 1.05 bits per heavy atom. The van der Waals surface area contributed by atoms with Crippen molar-refractivity contribution >= 4 is 19.7 Å². The van der Waals surface area contributed by atoms with Gasteiger partial charge in [0, 0.05) is 10.7 Å². The number of benzene rings is 2. The SMILES string of the molecule is Cc1cccc(COc2c(C)cc(S(=O)(=O)Cl)cc2C)c1. The number of ether oxygens (including phenoxy) is 1. The Bertz CT molecular complexity index is 744. The molecule has 0 spiro atoms. The smallest absolute Gasteiger partial charge is 0.261 e. The lowest BCUT2D eigenvalue weighted by Gasteiger charge is -2.13. The molecule has 0 atom stereocenters. The highest BCUT2D eigenvalue weighted by Crippen LogP contribution is 2.29. The predicted octanol–water partition coefficient (Wildman–Crippen LogP) is 4.12. The lowest BCUT2D eigenvalue weighted by Crippen LogP contribution is -2.01. The average Bonchev–Trinajstić information content (AvgIpc) is 2.36. The van der Waals surface area contributed by atoms with E-state index in [1.165, 1.54) is 17.7 Å². The first-order valence-electron chi connectivity index (χ1n) is 6.51. The molecule has 5 heteroatoms. The largest absolute Gasteiger partial charge is 0.488 e. The molecule has 0 N–H and O–H groups in total. The third-order valence-electron chi connectivity index (χ3n) is 3.18. The molecule has 0 aliphatic heterocycles. The highest BCUT2D eigenvalue weighted by molar-refractivity contribution is 8.13. The quantitative estimate of drug-likeness (QED) is 0.795. The average molecular weight is 325 g/mol. The van der Waals surface area contributed by atoms with Gasteiger partial charge in [-0.25, -0.2) is 8.42 Å². The number of aryl methyl sites for hydroxylation is 3. The zero-order valence-electron chi connectivity index (χ0n) is 12.2. The van der Waals surface area contributed by atoms with Gasteiger partial charge in [-0.3, -0.25) is 0 Å². The minimum Gasteiger partial charge on any atom is -0.488 e. The molecular formula is C16H17ClO3S. The van der Waals surface area contributed by atoms with Crippen LogP contribution >= 0.6 is 10.7 Å². The summed E-state index contributed by atoms with van der Waals surface area (Å²) in [6.45, 7) is 6.09. The zero-order chi connectivity index (χ0) is 15.6. The van der Waals surface area contributed by atoms with E-state index < -0.39 is 9.05 Å². The van der Waals surface area contributed by atoms with E-state index in [0.717, 1.165) is 16.7 Å². The molecule has 0 saturated carbocycles. The summed E-state index contributed by atoms with van der Waals surface area (Å²) >= 11 is 0. The van der Waals surface area contributed by atoms with E-state index in [1.807, 2.05) is 39.0 Å². The fourth-order valence-corrected chi connectivity index (χ4v) is 3.14. The standard InChI is InChI=1S/C16H17ClO3S/c1-11-5-4-6-14(7-11)10-20-16-12(2)8-15(9-13(16)3)21(17,18)19/h4-9H,10H2,1-3H3. The van der Waals surface area contributed by atoms with Gasteiger partial charge in [-0.2, -0.15) is 0 Å². The van der Waals surface area contributed by atoms with Crippen LogP contribution in [0.5, 0.6) is 5.75 Å². The van der Waals surface area contributed by atoms with Crippen LogP contribution in [-0.2, 0) is 15.7 Å². The van der Waals surface area contributed by atoms with Crippen molar-refractivity contribution in [3.8, 4) is 5.75 Å². The molecule has 0 amide bonds. The minimum absolute atomic E-state index is 0.0991. The number of rotatable bonds is 4. The van der Waals surface area contributed by atoms with Gasteiger partial charge < -0.3 is 4.74 Å². The molecule has 0 fully saturated rings. The Morgan fingerprint density at radius 3 is 2.19 bits per heavy atom. The third kappa shape index (κ3) is 3.99. The Labute approximate surface area is 129 Å². The normalized spacial score (nSPS) is 11.4. The van der Waals surface area contributed by atoms with Crippen LogP contribution in [-0.4, -0.2) is 8.42 Å². The van der Waals surface area contributed by atoms with Crippen LogP contribution in [0.2, 0.25) is 0 Å². The van der Waals surface area contributed by atoms with Crippen LogP contribution in [0.3, 0.4) is 0 Å². The summed E-state index contributed by atoms with van der Waals surface area (Å²) in [5.41, 5.74) is 3.75. The zero-order valence-corrected chi connectivity index (χ0v) is 13.8. The van der Waals surface area contributed by atoms with E-state index in [9.17, 15) is 8.42 Å². The number of hydrogen-bond donors (Lipinski definition) is 0. The van der Waals surface area contributed by atoms with E-state index in [4.69, 9.17) is 15.4 Å². The molecule has 0 saturated heterocycles. The second-order valence-corrected chi connectivity index (χ2v) is 7.67. The summed E-state index contributed by atoms with van der Waals surface area (Å²) < 4.78 is 28.6. The van der Waals surface area contributed by atoms with Crippen LogP contribution in [0, 0.1) is 20.8 Å². The molecule has 0 bridgehead atoms. The summed E-state index contributed by atoms with van der Waals surface area (Å²) in [6.07, 6.45) is 0. The fourth-order valence-electron chi connectivity index (χ4n) is 2.24. The topological polar surface area (TPSA) is 43.4 Å². The van der Waals surface area contributed by atoms with Crippen molar-refractivity contribution < 1.29 is 13.2 Å². The first-order chi connectivity index (χ1) is 9.77. The Morgan fingerprint density at radius 2 is 1.67 bits per heavy atom. The third-order valence-corrected chi connectivity index (χ3v) is 4.51. The lowest BCUT2D eigenvalue weighted by atomic mass is 10.1. The molecule has 2 rings (SSSR count). The van der Waals surface area contributed by atoms with Gasteiger partial charge >= 0.3 is 0 Å². The molecule has 0 aliphatic rings. The maximum absolute atomic E-state index is 11.4. The highest BCUT2D eigenvalue weighted by Gasteiger charge is 2.14. The van der Waals surface area contributed by atoms with Crippen LogP contribution in [0.1, 0.15) is 22.3 Å². The summed E-state index contributed by atoms with van der Waals surface area (Å²) in [5, 5.41) is 0. The van der Waals surface area contributed by atoms with Gasteiger partial charge in [0.2, 0.25) is 0 Å². The Hall–Kier alpha value is -1.52. The van der Waals surface area contributed by atoms with Gasteiger partial charge in [-0.05, 0) is 49.6 Å². The summed E-state index contributed by atoms with van der Waals surface area (Å²) in [6, 6.07) is 11.1. The maximum atomic E-state index is 11.4. The number of hydrogen-bond acceptors (Lipinski definition) is 3. The van der Waals surface area contributed by atoms with Gasteiger partial charge in [-0.1, -0.05) is 29.8 Å². The van der Waals surface area contributed by atoms with Crippen molar-refractivity contribution in [2.45, 2.75) is 32.3 Å². The fraction of sp³-hybridized carbons (Fsp3) is 0.250. The first-order valence-corrected chi connectivity index (χ1v) is 8.82. The van der Waals surface area contributed by atoms with Gasteiger partial charge in [0.1, 0.15) is 12.4 Å². The first kappa shape index (κ1) is 15.9. The molecule has 0 radical (unpaired) electrons. The second-order valence-electron chi connectivity index (χ2n) is 5.10. The maximum Gasteiger partial charge on any atom is 0.261 e. The van der Waals surface area contributed by atoms with Crippen molar-refractivity contribution in [1.82, 2.24) is 0 Å². The van der Waals surface area contributed by atoms with E-state index in [1.54, 1.807) is 0 Å². The molecule has 2 aromatic rings. The van der Waals surface area contributed by atoms with Crippen molar-refractivity contribution in [2.24, 2.45) is 0 Å². The highest BCUT2D eigenvalue weighted by atomic mass is 35.7. The summed E-state index contributed by atoms with van der Waals surface area (Å²) in [7, 11) is 1.66. The van der Waals surface area contributed by atoms with Crippen LogP contribution in [0.25, 0.3) is 0 Å². The van der Waals surface area contributed by atoms with E-state index in [0.29, 0.717) is 12.4 Å². The van der Waals surface area contributed by atoms with E-state index >= 15 is 0 Å². The van der Waals surface area contributed by atoms with Crippen LogP contribution < -0.4 is 4.74 Å². The molecule has 0 heterocycles. The van der Waals surface area contributed by atoms with Gasteiger partial charge in [0.15, 0.2) is 0 Å². The Balaban J connectivity index is 2.25. The van der Waals surface area contributed by atoms with Gasteiger partial charge in [0.05, 0.1) is 4.90 Å². The van der Waals surface area contributed by atoms with Crippen molar-refractivity contribution in [3.63, 3.8) is 0 Å². The molecule has 2 aromatic carbocycles. The molecule has 0 aliphatic carbocycles. The predicted molar refractivity (Wildman–Crippen MR) is 84.5 cm³/mol. The van der Waals surface area contributed by atoms with E-state index in [-0.39, 0.29) is 4.90 Å². The monoisotopic (exact) mass is 324 g/mol. The minimum atomic E-state index is -3.72. The molecular weight excluding hydrogens is 308 g/mol. The van der Waals surface area contributed by atoms with Crippen LogP contribution in [0.15, 0.2) is 41.3 Å². The molecule has 0 unspecified atom stereocenters. The molecule has 3 nitrogen and oxygen atoms in total. The van der Waals surface area contributed by atoms with Crippen LogP contribution in [0.4, 0.5) is 0 Å². The van der Waals surface area contributed by atoms with Crippen molar-refractivity contribution in [3.05, 3.63) is 58.7 Å². The lowest BCUT2D eigenvalue weighted by molar-refractivity contribution is 0.301. The second kappa shape index (κ2) is 6.08. The molecule has 112 valence electrons. The molecule has 0 aromatic heterocycles. The van der Waals surface area contributed by atoms with Gasteiger partial charge in [0.25, 0.3) is 9.05 Å². The van der Waals surface area contributed by atoms with Crippen molar-refractivity contribution in [1.29, 1.82) is 0 Å². The summed E-state index contributed by atoms with van der Waals surface area (Å²) in [5.74, 6) is 0.695. The summed E-state index contributed by atoms with van der Waals surface area (Å²) in [4.78, 5) is 0.0991. The van der Waals surface area contributed by atoms with Gasteiger partial charge in [-0.15, -0.1) is 0 Å².